The van der Waals surface area contributed by atoms with Crippen molar-refractivity contribution < 1.29 is 5.11 Å². The van der Waals surface area contributed by atoms with Gasteiger partial charge in [0.2, 0.25) is 0 Å². The third-order valence-corrected chi connectivity index (χ3v) is 2.83. The molecule has 1 heterocycles. The molecule has 0 amide bonds. The largest absolute Gasteiger partial charge is 0.395 e. The highest BCUT2D eigenvalue weighted by Gasteiger charge is 2.08. The summed E-state index contributed by atoms with van der Waals surface area (Å²) in [5.74, 6) is 0. The van der Waals surface area contributed by atoms with Crippen molar-refractivity contribution in [3.63, 3.8) is 0 Å². The van der Waals surface area contributed by atoms with Crippen molar-refractivity contribution in [1.29, 1.82) is 0 Å². The SMILES string of the molecule is CCCN(CCO)c1ccnc2ccccc12. The molecular formula is C14H18N2O. The van der Waals surface area contributed by atoms with Crippen LogP contribution in [-0.2, 0) is 0 Å². The van der Waals surface area contributed by atoms with E-state index in [2.05, 4.69) is 22.9 Å². The molecule has 90 valence electrons. The molecule has 0 aliphatic carbocycles. The van der Waals surface area contributed by atoms with Gasteiger partial charge < -0.3 is 10.0 Å². The predicted molar refractivity (Wildman–Crippen MR) is 71.3 cm³/mol. The zero-order valence-corrected chi connectivity index (χ0v) is 10.1. The summed E-state index contributed by atoms with van der Waals surface area (Å²) in [6.07, 6.45) is 2.90. The van der Waals surface area contributed by atoms with E-state index in [0.29, 0.717) is 6.54 Å². The van der Waals surface area contributed by atoms with Crippen LogP contribution < -0.4 is 4.90 Å². The van der Waals surface area contributed by atoms with Gasteiger partial charge in [-0.2, -0.15) is 0 Å². The van der Waals surface area contributed by atoms with Gasteiger partial charge in [-0.05, 0) is 18.6 Å². The molecule has 1 N–H and O–H groups in total. The molecule has 0 radical (unpaired) electrons. The van der Waals surface area contributed by atoms with Crippen LogP contribution in [-0.4, -0.2) is 29.8 Å². The molecule has 2 rings (SSSR count). The second-order valence-electron chi connectivity index (χ2n) is 4.06. The first-order chi connectivity index (χ1) is 8.36. The molecule has 0 bridgehead atoms. The van der Waals surface area contributed by atoms with Crippen LogP contribution in [0.25, 0.3) is 10.9 Å². The third kappa shape index (κ3) is 2.56. The molecule has 1 aromatic carbocycles. The van der Waals surface area contributed by atoms with Crippen LogP contribution in [0.3, 0.4) is 0 Å². The van der Waals surface area contributed by atoms with Crippen LogP contribution in [0.4, 0.5) is 5.69 Å². The molecule has 0 aliphatic heterocycles. The van der Waals surface area contributed by atoms with Crippen molar-refractivity contribution in [2.45, 2.75) is 13.3 Å². The molecule has 3 heteroatoms. The van der Waals surface area contributed by atoms with Crippen LogP contribution in [0.1, 0.15) is 13.3 Å². The van der Waals surface area contributed by atoms with Gasteiger partial charge in [0.05, 0.1) is 12.1 Å². The first kappa shape index (κ1) is 11.9. The number of anilines is 1. The van der Waals surface area contributed by atoms with E-state index < -0.39 is 0 Å². The van der Waals surface area contributed by atoms with E-state index in [9.17, 15) is 0 Å². The number of aliphatic hydroxyl groups excluding tert-OH is 1. The summed E-state index contributed by atoms with van der Waals surface area (Å²) in [6.45, 7) is 3.95. The Morgan fingerprint density at radius 2 is 2.00 bits per heavy atom. The lowest BCUT2D eigenvalue weighted by Gasteiger charge is -2.24. The lowest BCUT2D eigenvalue weighted by atomic mass is 10.1. The average molecular weight is 230 g/mol. The Hall–Kier alpha value is -1.61. The average Bonchev–Trinajstić information content (AvgIpc) is 2.38. The Morgan fingerprint density at radius 1 is 1.18 bits per heavy atom. The smallest absolute Gasteiger partial charge is 0.0722 e. The van der Waals surface area contributed by atoms with E-state index in [1.807, 2.05) is 30.5 Å². The van der Waals surface area contributed by atoms with Crippen LogP contribution in [0.15, 0.2) is 36.5 Å². The van der Waals surface area contributed by atoms with E-state index in [1.165, 1.54) is 0 Å². The van der Waals surface area contributed by atoms with Crippen molar-refractivity contribution in [3.8, 4) is 0 Å². The molecule has 17 heavy (non-hydrogen) atoms. The molecule has 2 aromatic rings. The fraction of sp³-hybridized carbons (Fsp3) is 0.357. The summed E-state index contributed by atoms with van der Waals surface area (Å²) in [4.78, 5) is 6.57. The summed E-state index contributed by atoms with van der Waals surface area (Å²) in [7, 11) is 0. The Kier molecular flexibility index (Phi) is 3.94. The maximum atomic E-state index is 9.14. The lowest BCUT2D eigenvalue weighted by Crippen LogP contribution is -2.27. The maximum absolute atomic E-state index is 9.14. The van der Waals surface area contributed by atoms with Gasteiger partial charge in [-0.3, -0.25) is 4.98 Å². The first-order valence-electron chi connectivity index (χ1n) is 6.06. The molecule has 3 nitrogen and oxygen atoms in total. The Labute approximate surface area is 102 Å². The zero-order chi connectivity index (χ0) is 12.1. The number of aliphatic hydroxyl groups is 1. The fourth-order valence-corrected chi connectivity index (χ4v) is 2.10. The number of pyridine rings is 1. The predicted octanol–water partition coefficient (Wildman–Crippen LogP) is 2.44. The second kappa shape index (κ2) is 5.64. The standard InChI is InChI=1S/C14H18N2O/c1-2-9-16(10-11-17)14-7-8-15-13-6-4-3-5-12(13)14/h3-8,17H,2,9-11H2,1H3. The van der Waals surface area contributed by atoms with Gasteiger partial charge in [-0.25, -0.2) is 0 Å². The van der Waals surface area contributed by atoms with E-state index in [4.69, 9.17) is 5.11 Å². The molecule has 0 saturated heterocycles. The number of rotatable bonds is 5. The highest BCUT2D eigenvalue weighted by atomic mass is 16.3. The molecule has 0 spiro atoms. The van der Waals surface area contributed by atoms with Crippen molar-refractivity contribution in [2.24, 2.45) is 0 Å². The lowest BCUT2D eigenvalue weighted by molar-refractivity contribution is 0.302. The Balaban J connectivity index is 2.44. The minimum Gasteiger partial charge on any atom is -0.395 e. The van der Waals surface area contributed by atoms with Gasteiger partial charge in [0, 0.05) is 30.4 Å². The van der Waals surface area contributed by atoms with Crippen LogP contribution in [0.2, 0.25) is 0 Å². The number of hydrogen-bond donors (Lipinski definition) is 1. The van der Waals surface area contributed by atoms with E-state index in [0.717, 1.165) is 29.6 Å². The number of hydrogen-bond acceptors (Lipinski definition) is 3. The molecule has 0 aliphatic rings. The van der Waals surface area contributed by atoms with Gasteiger partial charge in [-0.15, -0.1) is 0 Å². The highest BCUT2D eigenvalue weighted by molar-refractivity contribution is 5.91. The van der Waals surface area contributed by atoms with Gasteiger partial charge in [0.15, 0.2) is 0 Å². The van der Waals surface area contributed by atoms with Gasteiger partial charge in [0.25, 0.3) is 0 Å². The fourth-order valence-electron chi connectivity index (χ4n) is 2.10. The van der Waals surface area contributed by atoms with Crippen LogP contribution >= 0.6 is 0 Å². The van der Waals surface area contributed by atoms with Crippen LogP contribution in [0.5, 0.6) is 0 Å². The minimum atomic E-state index is 0.177. The number of benzene rings is 1. The normalized spacial score (nSPS) is 10.7. The van der Waals surface area contributed by atoms with Crippen LogP contribution in [0, 0.1) is 0 Å². The molecule has 0 unspecified atom stereocenters. The maximum Gasteiger partial charge on any atom is 0.0722 e. The molecule has 0 saturated carbocycles. The minimum absolute atomic E-state index is 0.177. The third-order valence-electron chi connectivity index (χ3n) is 2.83. The van der Waals surface area contributed by atoms with Crippen molar-refractivity contribution >= 4 is 16.6 Å². The summed E-state index contributed by atoms with van der Waals surface area (Å²) < 4.78 is 0. The van der Waals surface area contributed by atoms with E-state index >= 15 is 0 Å². The quantitative estimate of drug-likeness (QED) is 0.857. The van der Waals surface area contributed by atoms with Crippen molar-refractivity contribution in [1.82, 2.24) is 4.98 Å². The summed E-state index contributed by atoms with van der Waals surface area (Å²) in [5, 5.41) is 10.3. The topological polar surface area (TPSA) is 36.4 Å². The van der Waals surface area contributed by atoms with Gasteiger partial charge in [-0.1, -0.05) is 25.1 Å². The van der Waals surface area contributed by atoms with E-state index in [1.54, 1.807) is 0 Å². The molecule has 0 fully saturated rings. The first-order valence-corrected chi connectivity index (χ1v) is 6.06. The summed E-state index contributed by atoms with van der Waals surface area (Å²) in [6, 6.07) is 10.1. The zero-order valence-electron chi connectivity index (χ0n) is 10.1. The molecular weight excluding hydrogens is 212 g/mol. The number of para-hydroxylation sites is 1. The summed E-state index contributed by atoms with van der Waals surface area (Å²) in [5.41, 5.74) is 2.16. The Morgan fingerprint density at radius 3 is 2.76 bits per heavy atom. The van der Waals surface area contributed by atoms with Crippen molar-refractivity contribution in [3.05, 3.63) is 36.5 Å². The summed E-state index contributed by atoms with van der Waals surface area (Å²) >= 11 is 0. The van der Waals surface area contributed by atoms with Gasteiger partial charge in [0.1, 0.15) is 0 Å². The molecule has 0 atom stereocenters. The second-order valence-corrected chi connectivity index (χ2v) is 4.06. The van der Waals surface area contributed by atoms with Gasteiger partial charge >= 0.3 is 0 Å². The molecule has 1 aromatic heterocycles. The highest BCUT2D eigenvalue weighted by Crippen LogP contribution is 2.24. The Bertz CT molecular complexity index is 473. The number of nitrogens with zero attached hydrogens (tertiary/aromatic N) is 2. The van der Waals surface area contributed by atoms with E-state index in [-0.39, 0.29) is 6.61 Å². The number of fused-ring (bicyclic) bond motifs is 1. The van der Waals surface area contributed by atoms with Crippen molar-refractivity contribution in [2.75, 3.05) is 24.6 Å². The monoisotopic (exact) mass is 230 g/mol. The number of aromatic nitrogens is 1.